The highest BCUT2D eigenvalue weighted by molar-refractivity contribution is 5.78. The van der Waals surface area contributed by atoms with Gasteiger partial charge >= 0.3 is 0 Å². The van der Waals surface area contributed by atoms with Crippen molar-refractivity contribution in [3.8, 4) is 5.75 Å². The molecule has 0 saturated heterocycles. The Labute approximate surface area is 102 Å². The van der Waals surface area contributed by atoms with Crippen molar-refractivity contribution in [2.45, 2.75) is 38.7 Å². The molecule has 0 heterocycles. The molecule has 1 atom stereocenters. The molecule has 0 bridgehead atoms. The number of carbonyl (C=O) groups excluding carboxylic acids is 1. The first-order valence-corrected chi connectivity index (χ1v) is 6.01. The number of aliphatic hydroxyl groups is 1. The monoisotopic (exact) mass is 236 g/mol. The van der Waals surface area contributed by atoms with E-state index in [2.05, 4.69) is 0 Å². The summed E-state index contributed by atoms with van der Waals surface area (Å²) in [6.07, 6.45) is 1.79. The molecule has 1 N–H and O–H groups in total. The van der Waals surface area contributed by atoms with Crippen LogP contribution in [0, 0.1) is 0 Å². The predicted octanol–water partition coefficient (Wildman–Crippen LogP) is 2.88. The predicted molar refractivity (Wildman–Crippen MR) is 67.1 cm³/mol. The van der Waals surface area contributed by atoms with Gasteiger partial charge in [-0.3, -0.25) is 4.79 Å². The van der Waals surface area contributed by atoms with E-state index in [-0.39, 0.29) is 5.78 Å². The van der Waals surface area contributed by atoms with E-state index < -0.39 is 6.10 Å². The minimum absolute atomic E-state index is 0.217. The molecular formula is C14H20O3. The largest absolute Gasteiger partial charge is 0.497 e. The summed E-state index contributed by atoms with van der Waals surface area (Å²) < 4.78 is 5.09. The molecular weight excluding hydrogens is 216 g/mol. The van der Waals surface area contributed by atoms with E-state index in [4.69, 9.17) is 4.74 Å². The number of Topliss-reactive ketones (excluding diaryl/α,β-unsaturated/α-hetero) is 1. The zero-order valence-corrected chi connectivity index (χ0v) is 10.5. The highest BCUT2D eigenvalue weighted by Gasteiger charge is 2.10. The van der Waals surface area contributed by atoms with Crippen LogP contribution in [0.2, 0.25) is 0 Å². The van der Waals surface area contributed by atoms with Crippen molar-refractivity contribution in [1.29, 1.82) is 0 Å². The van der Waals surface area contributed by atoms with Crippen molar-refractivity contribution in [3.63, 3.8) is 0 Å². The number of hydrogen-bond donors (Lipinski definition) is 1. The summed E-state index contributed by atoms with van der Waals surface area (Å²) >= 11 is 0. The molecule has 0 aliphatic rings. The van der Waals surface area contributed by atoms with Crippen LogP contribution in [0.1, 0.15) is 44.3 Å². The molecule has 0 aliphatic carbocycles. The number of ether oxygens (including phenoxy) is 1. The quantitative estimate of drug-likeness (QED) is 0.791. The fourth-order valence-corrected chi connectivity index (χ4v) is 1.72. The molecule has 0 spiro atoms. The van der Waals surface area contributed by atoms with Gasteiger partial charge in [0.25, 0.3) is 0 Å². The molecule has 3 nitrogen and oxygen atoms in total. The van der Waals surface area contributed by atoms with Crippen LogP contribution in [0.3, 0.4) is 0 Å². The van der Waals surface area contributed by atoms with Crippen molar-refractivity contribution < 1.29 is 14.6 Å². The molecule has 1 aromatic carbocycles. The maximum absolute atomic E-state index is 11.4. The van der Waals surface area contributed by atoms with Crippen LogP contribution < -0.4 is 4.74 Å². The second kappa shape index (κ2) is 7.07. The Morgan fingerprint density at radius 1 is 1.41 bits per heavy atom. The number of carbonyl (C=O) groups is 1. The maximum Gasteiger partial charge on any atom is 0.133 e. The molecule has 17 heavy (non-hydrogen) atoms. The summed E-state index contributed by atoms with van der Waals surface area (Å²) in [5, 5.41) is 9.95. The van der Waals surface area contributed by atoms with E-state index in [1.165, 1.54) is 0 Å². The molecule has 1 unspecified atom stereocenters. The van der Waals surface area contributed by atoms with Crippen LogP contribution in [0.25, 0.3) is 0 Å². The van der Waals surface area contributed by atoms with Crippen molar-refractivity contribution in [2.75, 3.05) is 7.11 Å². The summed E-state index contributed by atoms with van der Waals surface area (Å²) in [4.78, 5) is 11.4. The average Bonchev–Trinajstić information content (AvgIpc) is 2.36. The second-order valence-electron chi connectivity index (χ2n) is 4.12. The van der Waals surface area contributed by atoms with E-state index in [1.54, 1.807) is 13.2 Å². The normalized spacial score (nSPS) is 12.2. The van der Waals surface area contributed by atoms with Crippen molar-refractivity contribution >= 4 is 5.78 Å². The maximum atomic E-state index is 11.4. The molecule has 0 radical (unpaired) electrons. The first-order valence-electron chi connectivity index (χ1n) is 6.01. The van der Waals surface area contributed by atoms with E-state index in [0.29, 0.717) is 19.3 Å². The van der Waals surface area contributed by atoms with E-state index in [1.807, 2.05) is 25.1 Å². The first-order chi connectivity index (χ1) is 8.17. The van der Waals surface area contributed by atoms with Crippen molar-refractivity contribution in [3.05, 3.63) is 29.8 Å². The van der Waals surface area contributed by atoms with Crippen LogP contribution >= 0.6 is 0 Å². The molecule has 3 heteroatoms. The molecule has 0 aliphatic heterocycles. The Bertz CT molecular complexity index is 360. The molecule has 0 aromatic heterocycles. The van der Waals surface area contributed by atoms with Gasteiger partial charge in [0.2, 0.25) is 0 Å². The average molecular weight is 236 g/mol. The first kappa shape index (κ1) is 13.7. The van der Waals surface area contributed by atoms with Gasteiger partial charge in [-0.15, -0.1) is 0 Å². The highest BCUT2D eigenvalue weighted by atomic mass is 16.5. The minimum Gasteiger partial charge on any atom is -0.497 e. The topological polar surface area (TPSA) is 46.5 Å². The Kier molecular flexibility index (Phi) is 5.70. The summed E-state index contributed by atoms with van der Waals surface area (Å²) in [6.45, 7) is 1.98. The lowest BCUT2D eigenvalue weighted by atomic mass is 10.0. The number of methoxy groups -OCH3 is 1. The number of benzene rings is 1. The third-order valence-corrected chi connectivity index (χ3v) is 2.70. The van der Waals surface area contributed by atoms with Crippen molar-refractivity contribution in [2.24, 2.45) is 0 Å². The smallest absolute Gasteiger partial charge is 0.133 e. The van der Waals surface area contributed by atoms with Crippen LogP contribution in [0.5, 0.6) is 5.75 Å². The molecule has 1 aromatic rings. The number of hydrogen-bond acceptors (Lipinski definition) is 3. The zero-order chi connectivity index (χ0) is 12.7. The summed E-state index contributed by atoms with van der Waals surface area (Å²) in [6, 6.07) is 7.32. The van der Waals surface area contributed by atoms with Gasteiger partial charge in [0, 0.05) is 12.8 Å². The van der Waals surface area contributed by atoms with Gasteiger partial charge in [-0.05, 0) is 30.5 Å². The van der Waals surface area contributed by atoms with Gasteiger partial charge in [-0.1, -0.05) is 19.1 Å². The number of aliphatic hydroxyl groups excluding tert-OH is 1. The van der Waals surface area contributed by atoms with Gasteiger partial charge in [0.15, 0.2) is 0 Å². The third kappa shape index (κ3) is 4.57. The lowest BCUT2D eigenvalue weighted by Gasteiger charge is -2.11. The van der Waals surface area contributed by atoms with Gasteiger partial charge in [0.05, 0.1) is 13.2 Å². The van der Waals surface area contributed by atoms with Crippen LogP contribution in [0.4, 0.5) is 0 Å². The lowest BCUT2D eigenvalue weighted by Crippen LogP contribution is -2.03. The van der Waals surface area contributed by atoms with Gasteiger partial charge in [-0.2, -0.15) is 0 Å². The number of rotatable bonds is 7. The Morgan fingerprint density at radius 2 is 2.18 bits per heavy atom. The molecule has 0 saturated carbocycles. The number of ketones is 1. The standard InChI is InChI=1S/C14H20O3/c1-3-5-12(15)8-9-14(16)11-6-4-7-13(10-11)17-2/h4,6-7,10,14,16H,3,5,8-9H2,1-2H3. The van der Waals surface area contributed by atoms with E-state index >= 15 is 0 Å². The van der Waals surface area contributed by atoms with Gasteiger partial charge in [-0.25, -0.2) is 0 Å². The SMILES string of the molecule is CCCC(=O)CCC(O)c1cccc(OC)c1. The Morgan fingerprint density at radius 3 is 2.82 bits per heavy atom. The molecule has 1 rings (SSSR count). The van der Waals surface area contributed by atoms with E-state index in [9.17, 15) is 9.90 Å². The summed E-state index contributed by atoms with van der Waals surface area (Å²) in [5.74, 6) is 0.941. The lowest BCUT2D eigenvalue weighted by molar-refractivity contribution is -0.119. The molecule has 0 amide bonds. The Hall–Kier alpha value is -1.35. The fraction of sp³-hybridized carbons (Fsp3) is 0.500. The Balaban J connectivity index is 2.51. The summed E-state index contributed by atoms with van der Waals surface area (Å²) in [7, 11) is 1.59. The summed E-state index contributed by atoms with van der Waals surface area (Å²) in [5.41, 5.74) is 0.800. The highest BCUT2D eigenvalue weighted by Crippen LogP contribution is 2.22. The van der Waals surface area contributed by atoms with Crippen LogP contribution in [-0.4, -0.2) is 18.0 Å². The minimum atomic E-state index is -0.592. The van der Waals surface area contributed by atoms with Gasteiger partial charge in [0.1, 0.15) is 11.5 Å². The zero-order valence-electron chi connectivity index (χ0n) is 10.5. The van der Waals surface area contributed by atoms with Crippen LogP contribution in [0.15, 0.2) is 24.3 Å². The third-order valence-electron chi connectivity index (χ3n) is 2.70. The molecule has 0 fully saturated rings. The van der Waals surface area contributed by atoms with Gasteiger partial charge < -0.3 is 9.84 Å². The second-order valence-corrected chi connectivity index (χ2v) is 4.12. The molecule has 94 valence electrons. The van der Waals surface area contributed by atoms with Crippen LogP contribution in [-0.2, 0) is 4.79 Å². The fourth-order valence-electron chi connectivity index (χ4n) is 1.72. The van der Waals surface area contributed by atoms with Crippen molar-refractivity contribution in [1.82, 2.24) is 0 Å². The van der Waals surface area contributed by atoms with E-state index in [0.717, 1.165) is 17.7 Å².